The van der Waals surface area contributed by atoms with E-state index in [4.69, 9.17) is 15.5 Å². The monoisotopic (exact) mass is 490 g/mol. The normalized spacial score (nSPS) is 11.6. The number of hydrogen-bond donors (Lipinski definition) is 2. The van der Waals surface area contributed by atoms with Crippen molar-refractivity contribution in [2.24, 2.45) is 0 Å². The fourth-order valence-electron chi connectivity index (χ4n) is 4.10. The van der Waals surface area contributed by atoms with Gasteiger partial charge in [0, 0.05) is 5.56 Å². The number of methoxy groups -OCH3 is 1. The van der Waals surface area contributed by atoms with Crippen LogP contribution in [0.3, 0.4) is 0 Å². The van der Waals surface area contributed by atoms with Crippen LogP contribution in [0.1, 0.15) is 24.4 Å². The zero-order valence-corrected chi connectivity index (χ0v) is 20.1. The van der Waals surface area contributed by atoms with Crippen molar-refractivity contribution in [2.75, 3.05) is 18.2 Å². The molecule has 0 saturated heterocycles. The first-order chi connectivity index (χ1) is 18.0. The summed E-state index contributed by atoms with van der Waals surface area (Å²) in [5, 5.41) is 13.1. The number of nitrogens with two attached hydrogens (primary N) is 1. The molecule has 0 radical (unpaired) electrons. The highest BCUT2D eigenvalue weighted by Crippen LogP contribution is 2.28. The lowest BCUT2D eigenvalue weighted by atomic mass is 10.0. The predicted octanol–water partition coefficient (Wildman–Crippen LogP) is 3.87. The molecule has 3 aromatic heterocycles. The summed E-state index contributed by atoms with van der Waals surface area (Å²) in [5.74, 6) is 1.34. The molecule has 3 N–H and O–H groups in total. The van der Waals surface area contributed by atoms with E-state index in [0.717, 1.165) is 0 Å². The number of pyridine rings is 1. The van der Waals surface area contributed by atoms with Crippen LogP contribution in [0, 0.1) is 11.3 Å². The van der Waals surface area contributed by atoms with Crippen LogP contribution in [-0.4, -0.2) is 31.6 Å². The van der Waals surface area contributed by atoms with Crippen molar-refractivity contribution < 1.29 is 4.74 Å². The van der Waals surface area contributed by atoms with Gasteiger partial charge in [-0.3, -0.25) is 14.3 Å². The maximum absolute atomic E-state index is 14.1. The van der Waals surface area contributed by atoms with Gasteiger partial charge in [-0.15, -0.1) is 0 Å². The molecule has 3 heterocycles. The van der Waals surface area contributed by atoms with Gasteiger partial charge >= 0.3 is 0 Å². The Bertz CT molecular complexity index is 1690. The molecule has 0 spiro atoms. The van der Waals surface area contributed by atoms with Crippen molar-refractivity contribution in [3.05, 3.63) is 94.8 Å². The van der Waals surface area contributed by atoms with Gasteiger partial charge in [-0.2, -0.15) is 10.2 Å². The van der Waals surface area contributed by atoms with Crippen molar-refractivity contribution >= 4 is 22.7 Å². The van der Waals surface area contributed by atoms with Crippen LogP contribution in [0.5, 0.6) is 5.75 Å². The van der Waals surface area contributed by atoms with E-state index in [1.165, 1.54) is 6.20 Å². The number of hydrogen-bond acceptors (Lipinski definition) is 9. The summed E-state index contributed by atoms with van der Waals surface area (Å²) in [6.45, 7) is 1.83. The smallest absolute Gasteiger partial charge is 0.266 e. The lowest BCUT2D eigenvalue weighted by Gasteiger charge is -2.21. The number of para-hydroxylation sites is 1. The van der Waals surface area contributed by atoms with Crippen molar-refractivity contribution in [3.8, 4) is 28.8 Å². The molecule has 0 aliphatic heterocycles. The van der Waals surface area contributed by atoms with E-state index in [0.29, 0.717) is 39.4 Å². The number of aromatic nitrogens is 5. The third-order valence-electron chi connectivity index (χ3n) is 5.85. The minimum Gasteiger partial charge on any atom is -0.495 e. The van der Waals surface area contributed by atoms with Gasteiger partial charge in [-0.1, -0.05) is 30.3 Å². The molecule has 5 rings (SSSR count). The molecule has 0 bridgehead atoms. The fraction of sp³-hybridized carbons (Fsp3) is 0.111. The standard InChI is InChI=1S/C27H22N8O2/c1-16(32-24-17(13-28)14-31-27(29)34-24)25-33-22-10-6-9-20(21-12-11-19(37-2)15-30-21)23(22)26(36)35(25)18-7-4-3-5-8-18/h3-12,14-16H,1-2H3,(H3,29,31,32,34)/t16-/m0/s1. The van der Waals surface area contributed by atoms with Gasteiger partial charge < -0.3 is 15.8 Å². The SMILES string of the molecule is COc1ccc(-c2cccc3nc([C@H](C)Nc4nc(N)ncc4C#N)n(-c4ccccc4)c(=O)c23)nc1. The van der Waals surface area contributed by atoms with Crippen LogP contribution in [0.2, 0.25) is 0 Å². The largest absolute Gasteiger partial charge is 0.495 e. The maximum Gasteiger partial charge on any atom is 0.266 e. The van der Waals surface area contributed by atoms with Crippen molar-refractivity contribution in [3.63, 3.8) is 0 Å². The summed E-state index contributed by atoms with van der Waals surface area (Å²) in [4.78, 5) is 31.6. The molecule has 5 aromatic rings. The molecule has 10 heteroatoms. The summed E-state index contributed by atoms with van der Waals surface area (Å²) in [6.07, 6.45) is 2.96. The van der Waals surface area contributed by atoms with Crippen LogP contribution in [0.15, 0.2) is 77.9 Å². The number of rotatable bonds is 6. The zero-order valence-electron chi connectivity index (χ0n) is 20.1. The fourth-order valence-corrected chi connectivity index (χ4v) is 4.10. The van der Waals surface area contributed by atoms with E-state index in [1.54, 1.807) is 36.1 Å². The van der Waals surface area contributed by atoms with Crippen molar-refractivity contribution in [1.82, 2.24) is 24.5 Å². The molecule has 0 amide bonds. The maximum atomic E-state index is 14.1. The number of nitriles is 1. The minimum atomic E-state index is -0.526. The molecule has 0 saturated carbocycles. The van der Waals surface area contributed by atoms with E-state index in [9.17, 15) is 10.1 Å². The highest BCUT2D eigenvalue weighted by Gasteiger charge is 2.21. The van der Waals surface area contributed by atoms with E-state index < -0.39 is 6.04 Å². The molecular weight excluding hydrogens is 468 g/mol. The number of ether oxygens (including phenoxy) is 1. The van der Waals surface area contributed by atoms with Crippen LogP contribution in [-0.2, 0) is 0 Å². The Balaban J connectivity index is 1.73. The van der Waals surface area contributed by atoms with Crippen LogP contribution in [0.25, 0.3) is 27.8 Å². The van der Waals surface area contributed by atoms with E-state index in [2.05, 4.69) is 26.3 Å². The summed E-state index contributed by atoms with van der Waals surface area (Å²) < 4.78 is 6.78. The van der Waals surface area contributed by atoms with Crippen LogP contribution >= 0.6 is 0 Å². The molecular formula is C27H22N8O2. The number of benzene rings is 2. The first kappa shape index (κ1) is 23.4. The summed E-state index contributed by atoms with van der Waals surface area (Å²) >= 11 is 0. The number of fused-ring (bicyclic) bond motifs is 1. The quantitative estimate of drug-likeness (QED) is 0.362. The lowest BCUT2D eigenvalue weighted by Crippen LogP contribution is -2.28. The van der Waals surface area contributed by atoms with Crippen molar-refractivity contribution in [2.45, 2.75) is 13.0 Å². The Morgan fingerprint density at radius 1 is 1.03 bits per heavy atom. The average molecular weight is 491 g/mol. The van der Waals surface area contributed by atoms with Gasteiger partial charge in [-0.05, 0) is 37.3 Å². The third-order valence-corrected chi connectivity index (χ3v) is 5.85. The van der Waals surface area contributed by atoms with Gasteiger partial charge in [0.25, 0.3) is 5.56 Å². The second-order valence-corrected chi connectivity index (χ2v) is 8.20. The van der Waals surface area contributed by atoms with Gasteiger partial charge in [0.1, 0.15) is 29.0 Å². The highest BCUT2D eigenvalue weighted by atomic mass is 16.5. The summed E-state index contributed by atoms with van der Waals surface area (Å²) in [7, 11) is 1.57. The molecule has 0 aliphatic rings. The summed E-state index contributed by atoms with van der Waals surface area (Å²) in [6, 6.07) is 19.9. The molecule has 0 aliphatic carbocycles. The number of nitrogens with zero attached hydrogens (tertiary/aromatic N) is 6. The number of nitrogen functional groups attached to an aromatic ring is 1. The second kappa shape index (κ2) is 9.75. The van der Waals surface area contributed by atoms with Gasteiger partial charge in [0.05, 0.1) is 47.8 Å². The molecule has 182 valence electrons. The predicted molar refractivity (Wildman–Crippen MR) is 140 cm³/mol. The molecule has 10 nitrogen and oxygen atoms in total. The van der Waals surface area contributed by atoms with Crippen LogP contribution < -0.4 is 21.3 Å². The summed E-state index contributed by atoms with van der Waals surface area (Å²) in [5.41, 5.74) is 8.16. The van der Waals surface area contributed by atoms with Gasteiger partial charge in [-0.25, -0.2) is 9.97 Å². The second-order valence-electron chi connectivity index (χ2n) is 8.20. The molecule has 0 unspecified atom stereocenters. The number of nitrogens with one attached hydrogen (secondary N) is 1. The van der Waals surface area contributed by atoms with Gasteiger partial charge in [0.2, 0.25) is 5.95 Å². The average Bonchev–Trinajstić information content (AvgIpc) is 2.93. The Labute approximate surface area is 212 Å². The molecule has 2 aromatic carbocycles. The highest BCUT2D eigenvalue weighted by molar-refractivity contribution is 5.93. The molecule has 1 atom stereocenters. The Hall–Kier alpha value is -5.30. The van der Waals surface area contributed by atoms with Gasteiger partial charge in [0.15, 0.2) is 0 Å². The first-order valence-corrected chi connectivity index (χ1v) is 11.4. The first-order valence-electron chi connectivity index (χ1n) is 11.4. The van der Waals surface area contributed by atoms with Crippen LogP contribution in [0.4, 0.5) is 11.8 Å². The zero-order chi connectivity index (χ0) is 25.9. The Kier molecular flexibility index (Phi) is 6.18. The van der Waals surface area contributed by atoms with E-state index in [-0.39, 0.29) is 22.9 Å². The Morgan fingerprint density at radius 2 is 1.84 bits per heavy atom. The number of anilines is 2. The van der Waals surface area contributed by atoms with E-state index in [1.807, 2.05) is 49.4 Å². The lowest BCUT2D eigenvalue weighted by molar-refractivity contribution is 0.413. The van der Waals surface area contributed by atoms with Crippen molar-refractivity contribution in [1.29, 1.82) is 5.26 Å². The molecule has 0 fully saturated rings. The topological polar surface area (TPSA) is 145 Å². The third kappa shape index (κ3) is 4.41. The van der Waals surface area contributed by atoms with E-state index >= 15 is 0 Å². The Morgan fingerprint density at radius 3 is 2.54 bits per heavy atom. The minimum absolute atomic E-state index is 0.0252. The molecule has 37 heavy (non-hydrogen) atoms.